The predicted octanol–water partition coefficient (Wildman–Crippen LogP) is 3.32. The van der Waals surface area contributed by atoms with Crippen LogP contribution in [0.4, 0.5) is 0 Å². The fraction of sp³-hybridized carbons (Fsp3) is 0.600. The topological polar surface area (TPSA) is 6.48 Å². The van der Waals surface area contributed by atoms with Gasteiger partial charge in [0.15, 0.2) is 0 Å². The molecule has 3 unspecified atom stereocenters. The highest BCUT2D eigenvalue weighted by Gasteiger charge is 2.36. The highest BCUT2D eigenvalue weighted by molar-refractivity contribution is 5.22. The minimum Gasteiger partial charge on any atom is -0.300 e. The van der Waals surface area contributed by atoms with Gasteiger partial charge in [-0.15, -0.1) is 0 Å². The van der Waals surface area contributed by atoms with Crippen LogP contribution >= 0.6 is 0 Å². The Morgan fingerprint density at radius 1 is 1.00 bits per heavy atom. The summed E-state index contributed by atoms with van der Waals surface area (Å²) in [5.41, 5.74) is 2.84. The molecule has 118 valence electrons. The molecule has 1 aromatic rings. The van der Waals surface area contributed by atoms with Crippen LogP contribution in [0.3, 0.4) is 0 Å². The molecule has 3 aliphatic rings. The summed E-state index contributed by atoms with van der Waals surface area (Å²) >= 11 is 0. The maximum Gasteiger partial charge on any atom is 0.0234 e. The average molecular weight is 296 g/mol. The average Bonchev–Trinajstić information content (AvgIpc) is 3.12. The lowest BCUT2D eigenvalue weighted by Gasteiger charge is -2.37. The van der Waals surface area contributed by atoms with E-state index >= 15 is 0 Å². The highest BCUT2D eigenvalue weighted by atomic mass is 15.3. The van der Waals surface area contributed by atoms with Gasteiger partial charge in [-0.05, 0) is 43.1 Å². The number of hydrogen-bond acceptors (Lipinski definition) is 2. The first-order valence-electron chi connectivity index (χ1n) is 8.95. The first-order valence-corrected chi connectivity index (χ1v) is 8.95. The summed E-state index contributed by atoms with van der Waals surface area (Å²) in [7, 11) is 0. The van der Waals surface area contributed by atoms with Crippen LogP contribution < -0.4 is 0 Å². The van der Waals surface area contributed by atoms with Crippen molar-refractivity contribution in [2.24, 2.45) is 17.8 Å². The van der Waals surface area contributed by atoms with Crippen LogP contribution in [-0.4, -0.2) is 42.5 Å². The van der Waals surface area contributed by atoms with Gasteiger partial charge >= 0.3 is 0 Å². The van der Waals surface area contributed by atoms with E-state index in [1.54, 1.807) is 0 Å². The maximum atomic E-state index is 2.71. The Kier molecular flexibility index (Phi) is 4.06. The van der Waals surface area contributed by atoms with Gasteiger partial charge in [-0.1, -0.05) is 42.0 Å². The number of hydrogen-bond donors (Lipinski definition) is 0. The second kappa shape index (κ2) is 6.17. The van der Waals surface area contributed by atoms with Crippen LogP contribution in [0.25, 0.3) is 0 Å². The third kappa shape index (κ3) is 3.13. The van der Waals surface area contributed by atoms with Crippen molar-refractivity contribution in [3.05, 3.63) is 47.5 Å². The van der Waals surface area contributed by atoms with Gasteiger partial charge in [0.25, 0.3) is 0 Å². The van der Waals surface area contributed by atoms with Gasteiger partial charge in [-0.2, -0.15) is 0 Å². The molecule has 1 aromatic carbocycles. The Morgan fingerprint density at radius 2 is 1.82 bits per heavy atom. The molecular formula is C20H28N2. The van der Waals surface area contributed by atoms with Gasteiger partial charge < -0.3 is 4.90 Å². The van der Waals surface area contributed by atoms with Gasteiger partial charge in [0.05, 0.1) is 0 Å². The van der Waals surface area contributed by atoms with Gasteiger partial charge in [-0.3, -0.25) is 4.90 Å². The summed E-state index contributed by atoms with van der Waals surface area (Å²) in [6, 6.07) is 8.96. The lowest BCUT2D eigenvalue weighted by Crippen LogP contribution is -2.47. The van der Waals surface area contributed by atoms with Gasteiger partial charge in [0.2, 0.25) is 0 Å². The summed E-state index contributed by atoms with van der Waals surface area (Å²) < 4.78 is 0. The molecule has 0 amide bonds. The lowest BCUT2D eigenvalue weighted by atomic mass is 9.93. The third-order valence-corrected chi connectivity index (χ3v) is 5.86. The van der Waals surface area contributed by atoms with Crippen molar-refractivity contribution in [2.45, 2.75) is 26.3 Å². The number of aryl methyl sites for hydroxylation is 1. The molecule has 1 heterocycles. The van der Waals surface area contributed by atoms with Crippen molar-refractivity contribution in [1.29, 1.82) is 0 Å². The molecule has 0 N–H and O–H groups in total. The van der Waals surface area contributed by atoms with Crippen molar-refractivity contribution < 1.29 is 0 Å². The Bertz CT molecular complexity index is 542. The van der Waals surface area contributed by atoms with Crippen molar-refractivity contribution in [3.63, 3.8) is 0 Å². The maximum absolute atomic E-state index is 2.71. The molecule has 1 aliphatic heterocycles. The molecule has 0 radical (unpaired) electrons. The Morgan fingerprint density at radius 3 is 2.50 bits per heavy atom. The summed E-state index contributed by atoms with van der Waals surface area (Å²) in [6.07, 6.45) is 7.84. The smallest absolute Gasteiger partial charge is 0.0234 e. The molecule has 1 saturated carbocycles. The Hall–Kier alpha value is -1.12. The standard InChI is InChI=1S/C20H28N2/c1-16-3-2-4-18(11-16)14-21-7-9-22(10-8-21)15-20-13-17-5-6-19(20)12-17/h2-6,11,17,19-20H,7-10,12-15H2,1H3. The predicted molar refractivity (Wildman–Crippen MR) is 91.7 cm³/mol. The monoisotopic (exact) mass is 296 g/mol. The zero-order chi connectivity index (χ0) is 14.9. The van der Waals surface area contributed by atoms with Gasteiger partial charge in [-0.25, -0.2) is 0 Å². The lowest BCUT2D eigenvalue weighted by molar-refractivity contribution is 0.108. The largest absolute Gasteiger partial charge is 0.300 e. The molecular weight excluding hydrogens is 268 g/mol. The van der Waals surface area contributed by atoms with Crippen LogP contribution in [0.1, 0.15) is 24.0 Å². The molecule has 0 aromatic heterocycles. The van der Waals surface area contributed by atoms with Gasteiger partial charge in [0.1, 0.15) is 0 Å². The van der Waals surface area contributed by atoms with Crippen molar-refractivity contribution in [3.8, 4) is 0 Å². The number of fused-ring (bicyclic) bond motifs is 2. The zero-order valence-electron chi connectivity index (χ0n) is 13.7. The van der Waals surface area contributed by atoms with Crippen LogP contribution in [0.2, 0.25) is 0 Å². The summed E-state index contributed by atoms with van der Waals surface area (Å²) in [4.78, 5) is 5.33. The summed E-state index contributed by atoms with van der Waals surface area (Å²) in [5, 5.41) is 0. The molecule has 4 rings (SSSR count). The van der Waals surface area contributed by atoms with Crippen molar-refractivity contribution >= 4 is 0 Å². The number of nitrogens with zero attached hydrogens (tertiary/aromatic N) is 2. The first-order chi connectivity index (χ1) is 10.8. The van der Waals surface area contributed by atoms with Crippen LogP contribution in [-0.2, 0) is 6.54 Å². The summed E-state index contributed by atoms with van der Waals surface area (Å²) in [5.74, 6) is 2.76. The summed E-state index contributed by atoms with van der Waals surface area (Å²) in [6.45, 7) is 9.60. The minimum atomic E-state index is 0.898. The van der Waals surface area contributed by atoms with Gasteiger partial charge in [0, 0.05) is 39.3 Å². The molecule has 2 nitrogen and oxygen atoms in total. The van der Waals surface area contributed by atoms with E-state index in [0.29, 0.717) is 0 Å². The van der Waals surface area contributed by atoms with Crippen molar-refractivity contribution in [1.82, 2.24) is 9.80 Å². The highest BCUT2D eigenvalue weighted by Crippen LogP contribution is 2.43. The van der Waals surface area contributed by atoms with E-state index < -0.39 is 0 Å². The third-order valence-electron chi connectivity index (χ3n) is 5.86. The molecule has 3 atom stereocenters. The van der Waals surface area contributed by atoms with E-state index in [1.807, 2.05) is 0 Å². The molecule has 2 aliphatic carbocycles. The first kappa shape index (κ1) is 14.5. The molecule has 22 heavy (non-hydrogen) atoms. The van der Waals surface area contributed by atoms with E-state index in [-0.39, 0.29) is 0 Å². The normalized spacial score (nSPS) is 32.0. The van der Waals surface area contributed by atoms with E-state index in [9.17, 15) is 0 Å². The Labute approximate surface area is 134 Å². The van der Waals surface area contributed by atoms with Crippen LogP contribution in [0.5, 0.6) is 0 Å². The SMILES string of the molecule is Cc1cccc(CN2CCN(CC3CC4C=CC3C4)CC2)c1. The van der Waals surface area contributed by atoms with E-state index in [2.05, 4.69) is 53.1 Å². The number of benzene rings is 1. The quantitative estimate of drug-likeness (QED) is 0.786. The van der Waals surface area contributed by atoms with Crippen molar-refractivity contribution in [2.75, 3.05) is 32.7 Å². The van der Waals surface area contributed by atoms with Crippen LogP contribution in [0, 0.1) is 24.7 Å². The minimum absolute atomic E-state index is 0.898. The van der Waals surface area contributed by atoms with E-state index in [1.165, 1.54) is 56.7 Å². The van der Waals surface area contributed by atoms with E-state index in [0.717, 1.165) is 24.3 Å². The number of rotatable bonds is 4. The second-order valence-corrected chi connectivity index (χ2v) is 7.61. The molecule has 2 heteroatoms. The molecule has 1 saturated heterocycles. The zero-order valence-corrected chi connectivity index (χ0v) is 13.7. The number of piperazine rings is 1. The second-order valence-electron chi connectivity index (χ2n) is 7.61. The fourth-order valence-corrected chi connectivity index (χ4v) is 4.63. The fourth-order valence-electron chi connectivity index (χ4n) is 4.63. The molecule has 2 bridgehead atoms. The molecule has 2 fully saturated rings. The number of allylic oxidation sites excluding steroid dienone is 2. The Balaban J connectivity index is 1.25. The van der Waals surface area contributed by atoms with Crippen LogP contribution in [0.15, 0.2) is 36.4 Å². The van der Waals surface area contributed by atoms with E-state index in [4.69, 9.17) is 0 Å². The molecule has 0 spiro atoms.